The Morgan fingerprint density at radius 1 is 1.67 bits per heavy atom. The molecule has 1 unspecified atom stereocenters. The van der Waals surface area contributed by atoms with Crippen molar-refractivity contribution < 1.29 is 9.15 Å². The molecule has 0 aliphatic heterocycles. The van der Waals surface area contributed by atoms with E-state index in [0.717, 1.165) is 12.2 Å². The molecule has 0 radical (unpaired) electrons. The first-order valence-corrected chi connectivity index (χ1v) is 4.18. The van der Waals surface area contributed by atoms with E-state index in [0.29, 0.717) is 13.2 Å². The largest absolute Gasteiger partial charge is 0.469 e. The molecule has 3 nitrogen and oxygen atoms in total. The second kappa shape index (κ2) is 4.95. The minimum absolute atomic E-state index is 0.0381. The van der Waals surface area contributed by atoms with E-state index in [9.17, 15) is 0 Å². The van der Waals surface area contributed by atoms with Crippen LogP contribution in [0, 0.1) is 0 Å². The second-order valence-electron chi connectivity index (χ2n) is 2.70. The van der Waals surface area contributed by atoms with Crippen LogP contribution in [0.15, 0.2) is 22.8 Å². The van der Waals surface area contributed by atoms with Gasteiger partial charge in [0.15, 0.2) is 0 Å². The highest BCUT2D eigenvalue weighted by atomic mass is 16.5. The van der Waals surface area contributed by atoms with Crippen molar-refractivity contribution in [1.29, 1.82) is 0 Å². The number of furan rings is 1. The molecule has 1 aromatic rings. The minimum Gasteiger partial charge on any atom is -0.469 e. The van der Waals surface area contributed by atoms with E-state index in [1.165, 1.54) is 0 Å². The Labute approximate surface area is 72.5 Å². The maximum Gasteiger partial charge on any atom is 0.105 e. The third-order valence-corrected chi connectivity index (χ3v) is 1.58. The van der Waals surface area contributed by atoms with E-state index in [4.69, 9.17) is 14.9 Å². The summed E-state index contributed by atoms with van der Waals surface area (Å²) in [6.07, 6.45) is 2.40. The summed E-state index contributed by atoms with van der Waals surface area (Å²) in [7, 11) is 0. The van der Waals surface area contributed by atoms with Crippen molar-refractivity contribution in [3.8, 4) is 0 Å². The molecule has 0 bridgehead atoms. The van der Waals surface area contributed by atoms with Crippen LogP contribution in [0.3, 0.4) is 0 Å². The minimum atomic E-state index is 0.0381. The SMILES string of the molecule is CCOCC(N)Cc1ccco1. The van der Waals surface area contributed by atoms with E-state index in [1.807, 2.05) is 19.1 Å². The van der Waals surface area contributed by atoms with Gasteiger partial charge in [-0.05, 0) is 19.1 Å². The van der Waals surface area contributed by atoms with E-state index < -0.39 is 0 Å². The average molecular weight is 169 g/mol. The molecule has 3 heteroatoms. The van der Waals surface area contributed by atoms with Gasteiger partial charge in [0, 0.05) is 19.1 Å². The Morgan fingerprint density at radius 3 is 3.08 bits per heavy atom. The van der Waals surface area contributed by atoms with E-state index in [-0.39, 0.29) is 6.04 Å². The highest BCUT2D eigenvalue weighted by Crippen LogP contribution is 2.02. The van der Waals surface area contributed by atoms with Crippen molar-refractivity contribution in [2.24, 2.45) is 5.73 Å². The molecule has 0 aromatic carbocycles. The van der Waals surface area contributed by atoms with Crippen LogP contribution in [-0.4, -0.2) is 19.3 Å². The first kappa shape index (κ1) is 9.29. The molecule has 0 fully saturated rings. The second-order valence-corrected chi connectivity index (χ2v) is 2.70. The normalized spacial score (nSPS) is 13.2. The number of hydrogen-bond acceptors (Lipinski definition) is 3. The van der Waals surface area contributed by atoms with Crippen molar-refractivity contribution >= 4 is 0 Å². The zero-order valence-corrected chi connectivity index (χ0v) is 7.32. The Bertz CT molecular complexity index is 196. The van der Waals surface area contributed by atoms with E-state index >= 15 is 0 Å². The fraction of sp³-hybridized carbons (Fsp3) is 0.556. The quantitative estimate of drug-likeness (QED) is 0.720. The summed E-state index contributed by atoms with van der Waals surface area (Å²) in [5.74, 6) is 0.919. The molecule has 2 N–H and O–H groups in total. The predicted octanol–water partition coefficient (Wildman–Crippen LogP) is 1.19. The van der Waals surface area contributed by atoms with Gasteiger partial charge in [0.05, 0.1) is 12.9 Å². The zero-order chi connectivity index (χ0) is 8.81. The summed E-state index contributed by atoms with van der Waals surface area (Å²) in [6.45, 7) is 3.27. The zero-order valence-electron chi connectivity index (χ0n) is 7.32. The van der Waals surface area contributed by atoms with Gasteiger partial charge in [-0.25, -0.2) is 0 Å². The molecule has 68 valence electrons. The summed E-state index contributed by atoms with van der Waals surface area (Å²) in [5.41, 5.74) is 5.77. The van der Waals surface area contributed by atoms with Gasteiger partial charge in [0.25, 0.3) is 0 Å². The van der Waals surface area contributed by atoms with Crippen LogP contribution in [0.2, 0.25) is 0 Å². The van der Waals surface area contributed by atoms with Crippen molar-refractivity contribution in [2.75, 3.05) is 13.2 Å². The molecule has 0 aliphatic rings. The molecule has 0 saturated carbocycles. The Kier molecular flexibility index (Phi) is 3.84. The van der Waals surface area contributed by atoms with Gasteiger partial charge in [-0.15, -0.1) is 0 Å². The monoisotopic (exact) mass is 169 g/mol. The van der Waals surface area contributed by atoms with E-state index in [2.05, 4.69) is 0 Å². The molecule has 1 rings (SSSR count). The van der Waals surface area contributed by atoms with Crippen LogP contribution in [0.5, 0.6) is 0 Å². The molecular formula is C9H15NO2. The van der Waals surface area contributed by atoms with Crippen molar-refractivity contribution in [1.82, 2.24) is 0 Å². The van der Waals surface area contributed by atoms with Crippen molar-refractivity contribution in [3.05, 3.63) is 24.2 Å². The standard InChI is InChI=1S/C9H15NO2/c1-2-11-7-8(10)6-9-4-3-5-12-9/h3-5,8H,2,6-7,10H2,1H3. The molecule has 1 atom stereocenters. The van der Waals surface area contributed by atoms with Crippen LogP contribution in [0.4, 0.5) is 0 Å². The van der Waals surface area contributed by atoms with Gasteiger partial charge >= 0.3 is 0 Å². The van der Waals surface area contributed by atoms with Crippen molar-refractivity contribution in [2.45, 2.75) is 19.4 Å². The molecule has 1 aromatic heterocycles. The van der Waals surface area contributed by atoms with Gasteiger partial charge < -0.3 is 14.9 Å². The summed E-state index contributed by atoms with van der Waals surface area (Å²) in [6, 6.07) is 3.82. The highest BCUT2D eigenvalue weighted by molar-refractivity contribution is 4.99. The van der Waals surface area contributed by atoms with Crippen LogP contribution in [0.1, 0.15) is 12.7 Å². The molecule has 12 heavy (non-hydrogen) atoms. The highest BCUT2D eigenvalue weighted by Gasteiger charge is 2.05. The third kappa shape index (κ3) is 3.07. The molecule has 0 aliphatic carbocycles. The van der Waals surface area contributed by atoms with Crippen LogP contribution >= 0.6 is 0 Å². The van der Waals surface area contributed by atoms with Gasteiger partial charge in [0.2, 0.25) is 0 Å². The molecule has 0 spiro atoms. The van der Waals surface area contributed by atoms with Crippen LogP contribution in [0.25, 0.3) is 0 Å². The Balaban J connectivity index is 2.22. The number of hydrogen-bond donors (Lipinski definition) is 1. The first-order valence-electron chi connectivity index (χ1n) is 4.18. The number of rotatable bonds is 5. The lowest BCUT2D eigenvalue weighted by molar-refractivity contribution is 0.131. The van der Waals surface area contributed by atoms with Gasteiger partial charge in [-0.3, -0.25) is 0 Å². The molecule has 1 heterocycles. The molecular weight excluding hydrogens is 154 g/mol. The van der Waals surface area contributed by atoms with Crippen molar-refractivity contribution in [3.63, 3.8) is 0 Å². The molecule has 0 saturated heterocycles. The van der Waals surface area contributed by atoms with Crippen LogP contribution < -0.4 is 5.73 Å². The maximum atomic E-state index is 5.77. The number of ether oxygens (including phenoxy) is 1. The third-order valence-electron chi connectivity index (χ3n) is 1.58. The lowest BCUT2D eigenvalue weighted by Gasteiger charge is -2.08. The smallest absolute Gasteiger partial charge is 0.105 e. The fourth-order valence-corrected chi connectivity index (χ4v) is 1.02. The van der Waals surface area contributed by atoms with Gasteiger partial charge in [0.1, 0.15) is 5.76 Å². The number of nitrogens with two attached hydrogens (primary N) is 1. The lowest BCUT2D eigenvalue weighted by atomic mass is 10.2. The summed E-state index contributed by atoms with van der Waals surface area (Å²) in [4.78, 5) is 0. The first-order chi connectivity index (χ1) is 5.83. The summed E-state index contributed by atoms with van der Waals surface area (Å²) < 4.78 is 10.3. The Morgan fingerprint density at radius 2 is 2.50 bits per heavy atom. The molecule has 0 amide bonds. The fourth-order valence-electron chi connectivity index (χ4n) is 1.02. The maximum absolute atomic E-state index is 5.77. The van der Waals surface area contributed by atoms with Gasteiger partial charge in [-0.2, -0.15) is 0 Å². The summed E-state index contributed by atoms with van der Waals surface area (Å²) in [5, 5.41) is 0. The topological polar surface area (TPSA) is 48.4 Å². The predicted molar refractivity (Wildman–Crippen MR) is 46.9 cm³/mol. The van der Waals surface area contributed by atoms with E-state index in [1.54, 1.807) is 6.26 Å². The van der Waals surface area contributed by atoms with Crippen LogP contribution in [-0.2, 0) is 11.2 Å². The summed E-state index contributed by atoms with van der Waals surface area (Å²) >= 11 is 0. The average Bonchev–Trinajstić information content (AvgIpc) is 2.53. The van der Waals surface area contributed by atoms with Gasteiger partial charge in [-0.1, -0.05) is 0 Å². The Hall–Kier alpha value is -0.800. The lowest BCUT2D eigenvalue weighted by Crippen LogP contribution is -2.28.